The Labute approximate surface area is 152 Å². The van der Waals surface area contributed by atoms with Crippen molar-refractivity contribution in [3.63, 3.8) is 0 Å². The molecule has 0 amide bonds. The van der Waals surface area contributed by atoms with Crippen LogP contribution in [0.2, 0.25) is 0 Å². The number of carbonyl (C=O) groups is 1. The van der Waals surface area contributed by atoms with Crippen molar-refractivity contribution in [3.8, 4) is 11.5 Å². The smallest absolute Gasteiger partial charge is 0.410 e. The van der Waals surface area contributed by atoms with Gasteiger partial charge in [0.05, 0.1) is 19.3 Å². The van der Waals surface area contributed by atoms with Crippen molar-refractivity contribution in [2.75, 3.05) is 25.6 Å². The molecule has 0 radical (unpaired) electrons. The van der Waals surface area contributed by atoms with E-state index < -0.39 is 24.2 Å². The van der Waals surface area contributed by atoms with E-state index in [2.05, 4.69) is 15.2 Å². The van der Waals surface area contributed by atoms with Crippen LogP contribution < -0.4 is 14.8 Å². The van der Waals surface area contributed by atoms with E-state index in [-0.39, 0.29) is 17.8 Å². The number of nitrogens with one attached hydrogen (secondary N) is 1. The Bertz CT molecular complexity index is 881. The Morgan fingerprint density at radius 2 is 2.04 bits per heavy atom. The normalized spacial score (nSPS) is 21.2. The Morgan fingerprint density at radius 1 is 1.30 bits per heavy atom. The van der Waals surface area contributed by atoms with E-state index in [1.165, 1.54) is 0 Å². The molecule has 2 aliphatic rings. The standard InChI is InChI=1S/C17H16F3N3O4/c1-25-16(24)10-8-21-23-14(17(18,19)20)7-11(22-15(10)23)9-2-3-12-13(6-9)27-5-4-26-12/h2-3,6,8,11,14,22H,4-5,7H2,1H3. The third-order valence-corrected chi connectivity index (χ3v) is 4.61. The van der Waals surface area contributed by atoms with Gasteiger partial charge in [-0.25, -0.2) is 9.48 Å². The molecule has 0 saturated carbocycles. The molecule has 0 fully saturated rings. The number of carbonyl (C=O) groups excluding carboxylic acids is 1. The highest BCUT2D eigenvalue weighted by Crippen LogP contribution is 2.45. The molecule has 4 rings (SSSR count). The van der Waals surface area contributed by atoms with Gasteiger partial charge >= 0.3 is 12.1 Å². The fraction of sp³-hybridized carbons (Fsp3) is 0.412. The van der Waals surface area contributed by atoms with E-state index in [9.17, 15) is 18.0 Å². The van der Waals surface area contributed by atoms with E-state index in [4.69, 9.17) is 9.47 Å². The van der Waals surface area contributed by atoms with Crippen molar-refractivity contribution in [3.05, 3.63) is 35.5 Å². The molecule has 0 saturated heterocycles. The SMILES string of the molecule is COC(=O)c1cnn2c1NC(c1ccc3c(c1)OCCO3)CC2C(F)(F)F. The molecule has 1 aromatic heterocycles. The lowest BCUT2D eigenvalue weighted by Gasteiger charge is -2.34. The molecule has 2 aromatic rings. The predicted octanol–water partition coefficient (Wildman–Crippen LogP) is 3.10. The summed E-state index contributed by atoms with van der Waals surface area (Å²) < 4.78 is 57.3. The van der Waals surface area contributed by atoms with E-state index >= 15 is 0 Å². The van der Waals surface area contributed by atoms with Gasteiger partial charge in [0.2, 0.25) is 0 Å². The Kier molecular flexibility index (Phi) is 4.12. The van der Waals surface area contributed by atoms with E-state index in [0.717, 1.165) is 18.0 Å². The van der Waals surface area contributed by atoms with Crippen LogP contribution >= 0.6 is 0 Å². The van der Waals surface area contributed by atoms with Crippen LogP contribution in [0, 0.1) is 0 Å². The maximum Gasteiger partial charge on any atom is 0.410 e. The fourth-order valence-electron chi connectivity index (χ4n) is 3.32. The molecule has 0 aliphatic carbocycles. The van der Waals surface area contributed by atoms with E-state index in [0.29, 0.717) is 30.3 Å². The zero-order chi connectivity index (χ0) is 19.2. The molecule has 7 nitrogen and oxygen atoms in total. The summed E-state index contributed by atoms with van der Waals surface area (Å²) in [7, 11) is 1.16. The monoisotopic (exact) mass is 383 g/mol. The van der Waals surface area contributed by atoms with Gasteiger partial charge in [-0.3, -0.25) is 0 Å². The fourth-order valence-corrected chi connectivity index (χ4v) is 3.32. The molecule has 0 bridgehead atoms. The minimum absolute atomic E-state index is 0.0182. The Balaban J connectivity index is 1.74. The van der Waals surface area contributed by atoms with Gasteiger partial charge in [0.15, 0.2) is 17.5 Å². The first-order chi connectivity index (χ1) is 12.9. The van der Waals surface area contributed by atoms with Crippen molar-refractivity contribution in [2.24, 2.45) is 0 Å². The number of methoxy groups -OCH3 is 1. The van der Waals surface area contributed by atoms with Crippen molar-refractivity contribution in [1.29, 1.82) is 0 Å². The summed E-state index contributed by atoms with van der Waals surface area (Å²) >= 11 is 0. The third kappa shape index (κ3) is 3.04. The molecular weight excluding hydrogens is 367 g/mol. The average Bonchev–Trinajstić information content (AvgIpc) is 3.09. The molecule has 2 aliphatic heterocycles. The van der Waals surface area contributed by atoms with Crippen LogP contribution in [0.25, 0.3) is 0 Å². The second kappa shape index (κ2) is 6.36. The van der Waals surface area contributed by atoms with Crippen LogP contribution in [-0.2, 0) is 4.74 Å². The molecule has 3 heterocycles. The van der Waals surface area contributed by atoms with Crippen LogP contribution in [0.15, 0.2) is 24.4 Å². The number of alkyl halides is 3. The number of hydrogen-bond donors (Lipinski definition) is 1. The van der Waals surface area contributed by atoms with E-state index in [1.807, 2.05) is 0 Å². The number of rotatable bonds is 2. The summed E-state index contributed by atoms with van der Waals surface area (Å²) in [6.45, 7) is 0.796. The number of halogens is 3. The zero-order valence-corrected chi connectivity index (χ0v) is 14.2. The van der Waals surface area contributed by atoms with Crippen molar-refractivity contribution in [2.45, 2.75) is 24.7 Å². The van der Waals surface area contributed by atoms with Gasteiger partial charge in [-0.05, 0) is 17.7 Å². The zero-order valence-electron chi connectivity index (χ0n) is 14.2. The average molecular weight is 383 g/mol. The minimum atomic E-state index is -4.53. The Morgan fingerprint density at radius 3 is 2.74 bits per heavy atom. The van der Waals surface area contributed by atoms with Gasteiger partial charge in [-0.1, -0.05) is 6.07 Å². The molecular formula is C17H16F3N3O4. The number of fused-ring (bicyclic) bond motifs is 2. The third-order valence-electron chi connectivity index (χ3n) is 4.61. The number of hydrogen-bond acceptors (Lipinski definition) is 6. The van der Waals surface area contributed by atoms with Crippen LogP contribution in [-0.4, -0.2) is 42.2 Å². The molecule has 10 heteroatoms. The topological polar surface area (TPSA) is 74.6 Å². The van der Waals surface area contributed by atoms with Gasteiger partial charge in [-0.2, -0.15) is 18.3 Å². The molecule has 0 spiro atoms. The first-order valence-electron chi connectivity index (χ1n) is 8.27. The number of benzene rings is 1. The highest BCUT2D eigenvalue weighted by Gasteiger charge is 2.47. The van der Waals surface area contributed by atoms with E-state index in [1.54, 1.807) is 18.2 Å². The number of anilines is 1. The van der Waals surface area contributed by atoms with Crippen molar-refractivity contribution < 1.29 is 32.2 Å². The maximum absolute atomic E-state index is 13.6. The van der Waals surface area contributed by atoms with Gasteiger partial charge < -0.3 is 19.5 Å². The predicted molar refractivity (Wildman–Crippen MR) is 87.1 cm³/mol. The van der Waals surface area contributed by atoms with Gasteiger partial charge in [0.25, 0.3) is 0 Å². The number of ether oxygens (including phenoxy) is 3. The lowest BCUT2D eigenvalue weighted by Crippen LogP contribution is -2.36. The van der Waals surface area contributed by atoms with Crippen LogP contribution in [0.4, 0.5) is 19.0 Å². The first kappa shape index (κ1) is 17.5. The summed E-state index contributed by atoms with van der Waals surface area (Å²) in [4.78, 5) is 11.9. The molecule has 2 unspecified atom stereocenters. The number of nitrogens with zero attached hydrogens (tertiary/aromatic N) is 2. The van der Waals surface area contributed by atoms with Gasteiger partial charge in [0, 0.05) is 6.42 Å². The lowest BCUT2D eigenvalue weighted by molar-refractivity contribution is -0.173. The highest BCUT2D eigenvalue weighted by atomic mass is 19.4. The van der Waals surface area contributed by atoms with Crippen LogP contribution in [0.1, 0.15) is 34.4 Å². The first-order valence-corrected chi connectivity index (χ1v) is 8.27. The summed E-state index contributed by atoms with van der Waals surface area (Å²) in [6, 6.07) is 2.44. The van der Waals surface area contributed by atoms with Crippen molar-refractivity contribution >= 4 is 11.8 Å². The number of esters is 1. The minimum Gasteiger partial charge on any atom is -0.486 e. The Hall–Kier alpha value is -2.91. The summed E-state index contributed by atoms with van der Waals surface area (Å²) in [5.74, 6) is 0.257. The second-order valence-corrected chi connectivity index (χ2v) is 6.24. The molecule has 1 N–H and O–H groups in total. The second-order valence-electron chi connectivity index (χ2n) is 6.24. The quantitative estimate of drug-likeness (QED) is 0.804. The molecule has 2 atom stereocenters. The molecule has 27 heavy (non-hydrogen) atoms. The van der Waals surface area contributed by atoms with Gasteiger partial charge in [0.1, 0.15) is 24.6 Å². The van der Waals surface area contributed by atoms with Crippen LogP contribution in [0.3, 0.4) is 0 Å². The van der Waals surface area contributed by atoms with Gasteiger partial charge in [-0.15, -0.1) is 0 Å². The van der Waals surface area contributed by atoms with Crippen LogP contribution in [0.5, 0.6) is 11.5 Å². The summed E-state index contributed by atoms with van der Waals surface area (Å²) in [6.07, 6.45) is -3.72. The largest absolute Gasteiger partial charge is 0.486 e. The maximum atomic E-state index is 13.6. The lowest BCUT2D eigenvalue weighted by atomic mass is 9.96. The number of aromatic nitrogens is 2. The summed E-state index contributed by atoms with van der Waals surface area (Å²) in [5, 5.41) is 6.75. The van der Waals surface area contributed by atoms with Crippen molar-refractivity contribution in [1.82, 2.24) is 9.78 Å². The molecule has 144 valence electrons. The molecule has 1 aromatic carbocycles. The summed E-state index contributed by atoms with van der Waals surface area (Å²) in [5.41, 5.74) is 0.547. The highest BCUT2D eigenvalue weighted by molar-refractivity contribution is 5.94.